The second kappa shape index (κ2) is 22.3. The molecule has 3 N–H and O–H groups in total. The number of carboxylic acid groups (broad SMARTS) is 2. The molecule has 0 aliphatic carbocycles. The summed E-state index contributed by atoms with van der Waals surface area (Å²) in [6.45, 7) is 15.7. The van der Waals surface area contributed by atoms with Crippen molar-refractivity contribution >= 4 is 77.5 Å². The van der Waals surface area contributed by atoms with Gasteiger partial charge >= 0.3 is 11.9 Å². The number of ether oxygens (including phenoxy) is 4. The average Bonchev–Trinajstić information content (AvgIpc) is 3.81. The van der Waals surface area contributed by atoms with Gasteiger partial charge in [-0.25, -0.2) is 19.6 Å². The molecular formula is C41H58N2O12S4. The van der Waals surface area contributed by atoms with E-state index in [2.05, 4.69) is 39.6 Å². The van der Waals surface area contributed by atoms with Gasteiger partial charge < -0.3 is 29.2 Å². The van der Waals surface area contributed by atoms with E-state index in [1.165, 1.54) is 26.0 Å². The van der Waals surface area contributed by atoms with Crippen LogP contribution in [0, 0.1) is 0 Å². The summed E-state index contributed by atoms with van der Waals surface area (Å²) in [7, 11) is 2.90. The lowest BCUT2D eigenvalue weighted by Crippen LogP contribution is -2.49. The Morgan fingerprint density at radius 3 is 1.80 bits per heavy atom. The molecular weight excluding hydrogens is 841 g/mol. The van der Waals surface area contributed by atoms with Crippen LogP contribution in [0.2, 0.25) is 0 Å². The first-order chi connectivity index (χ1) is 27.5. The van der Waals surface area contributed by atoms with Gasteiger partial charge in [-0.05, 0) is 89.8 Å². The number of carboxylic acids is 2. The van der Waals surface area contributed by atoms with E-state index >= 15 is 0 Å². The lowest BCUT2D eigenvalue weighted by molar-refractivity contribution is -0.160. The van der Waals surface area contributed by atoms with E-state index in [0.29, 0.717) is 30.1 Å². The third-order valence-corrected chi connectivity index (χ3v) is 12.3. The van der Waals surface area contributed by atoms with Gasteiger partial charge in [0.05, 0.1) is 61.7 Å². The van der Waals surface area contributed by atoms with Gasteiger partial charge in [0.2, 0.25) is 5.06 Å². The van der Waals surface area contributed by atoms with E-state index in [4.69, 9.17) is 27.6 Å². The van der Waals surface area contributed by atoms with Gasteiger partial charge in [-0.1, -0.05) is 45.5 Å². The summed E-state index contributed by atoms with van der Waals surface area (Å²) >= 11 is 7.77. The van der Waals surface area contributed by atoms with Crippen molar-refractivity contribution < 1.29 is 57.2 Å². The van der Waals surface area contributed by atoms with Crippen molar-refractivity contribution in [1.29, 1.82) is 0 Å². The number of benzene rings is 2. The Morgan fingerprint density at radius 1 is 0.881 bits per heavy atom. The summed E-state index contributed by atoms with van der Waals surface area (Å²) < 4.78 is 34.8. The number of rotatable bonds is 18. The van der Waals surface area contributed by atoms with Crippen molar-refractivity contribution in [2.75, 3.05) is 25.7 Å². The number of nitrogens with one attached hydrogen (secondary N) is 1. The van der Waals surface area contributed by atoms with E-state index in [0.717, 1.165) is 56.1 Å². The highest BCUT2D eigenvalue weighted by Gasteiger charge is 2.59. The number of aliphatic imine (C=N–C) groups is 1. The largest absolute Gasteiger partial charge is 0.489 e. The Bertz CT molecular complexity index is 1820. The van der Waals surface area contributed by atoms with E-state index in [9.17, 15) is 19.8 Å². The Hall–Kier alpha value is -2.91. The maximum Gasteiger partial charge on any atom is 0.329 e. The summed E-state index contributed by atoms with van der Waals surface area (Å²) in [5.74, 6) is -0.192. The smallest absolute Gasteiger partial charge is 0.329 e. The molecule has 0 radical (unpaired) electrons. The zero-order valence-electron chi connectivity index (χ0n) is 34.4. The van der Waals surface area contributed by atoms with Crippen molar-refractivity contribution in [2.45, 2.75) is 126 Å². The molecule has 1 unspecified atom stereocenters. The van der Waals surface area contributed by atoms with Gasteiger partial charge in [-0.2, -0.15) is 21.3 Å². The van der Waals surface area contributed by atoms with Crippen molar-refractivity contribution in [3.05, 3.63) is 71.2 Å². The van der Waals surface area contributed by atoms with Crippen LogP contribution in [0.4, 0.5) is 0 Å². The number of thiol groups is 1. The van der Waals surface area contributed by atoms with E-state index in [1.807, 2.05) is 97.0 Å². The summed E-state index contributed by atoms with van der Waals surface area (Å²) in [5.41, 5.74) is 2.29. The van der Waals surface area contributed by atoms with Gasteiger partial charge in [0.25, 0.3) is 5.90 Å². The standard InChI is InChI=1S/2C20H27NO6S2.CH4/c1-6-19(4)16(13-7-9-14(10-8-13)29-27-24-5)17(25-12(2)3)20(26-19)21-15(11-28-20)18(22)23;1-6-20(4)16(13-7-9-14(10-8-13)29-27-24-5)17(25-12(2)3)18(26-20)21-15(11-28)19(22)23;/h7-10,12,15,21H,6,11H2,1-5H3,(H,22,23);7-10,12,15,28H,6,11H2,1-5H3,(H,22,23);1H4/t15-,19-,20?;15-,20-;/m00./s1. The summed E-state index contributed by atoms with van der Waals surface area (Å²) in [6, 6.07) is 13.8. The Kier molecular flexibility index (Phi) is 19.0. The second-order valence-corrected chi connectivity index (χ2v) is 17.3. The molecule has 0 saturated carbocycles. The number of carbonyl (C=O) groups is 2. The molecule has 5 rings (SSSR count). The fourth-order valence-corrected chi connectivity index (χ4v) is 8.71. The highest BCUT2D eigenvalue weighted by molar-refractivity contribution is 8.01. The van der Waals surface area contributed by atoms with E-state index in [1.54, 1.807) is 0 Å². The van der Waals surface area contributed by atoms with Crippen LogP contribution in [0.1, 0.15) is 86.8 Å². The van der Waals surface area contributed by atoms with Gasteiger partial charge in [0.15, 0.2) is 17.6 Å². The molecule has 3 heterocycles. The molecule has 18 heteroatoms. The van der Waals surface area contributed by atoms with Crippen LogP contribution in [-0.2, 0) is 47.0 Å². The molecule has 3 aliphatic heterocycles. The molecule has 0 aromatic heterocycles. The van der Waals surface area contributed by atoms with Gasteiger partial charge in [0.1, 0.15) is 11.6 Å². The maximum absolute atomic E-state index is 11.6. The molecule has 1 saturated heterocycles. The number of aliphatic carboxylic acids is 2. The maximum atomic E-state index is 11.6. The predicted octanol–water partition coefficient (Wildman–Crippen LogP) is 9.07. The van der Waals surface area contributed by atoms with Crippen LogP contribution in [0.5, 0.6) is 0 Å². The van der Waals surface area contributed by atoms with Crippen LogP contribution in [0.25, 0.3) is 11.1 Å². The Balaban J connectivity index is 0.000000310. The fourth-order valence-electron chi connectivity index (χ4n) is 6.30. The number of hydrogen-bond acceptors (Lipinski definition) is 16. The van der Waals surface area contributed by atoms with Crippen molar-refractivity contribution in [2.24, 2.45) is 4.99 Å². The minimum atomic E-state index is -1.06. The average molecular weight is 899 g/mol. The normalized spacial score (nSPS) is 25.0. The first kappa shape index (κ1) is 50.4. The lowest BCUT2D eigenvalue weighted by atomic mass is 9.88. The predicted molar refractivity (Wildman–Crippen MR) is 236 cm³/mol. The number of hydrogen-bond donors (Lipinski definition) is 4. The van der Waals surface area contributed by atoms with Gasteiger partial charge in [-0.15, -0.1) is 11.8 Å². The third-order valence-electron chi connectivity index (χ3n) is 9.28. The minimum absolute atomic E-state index is 0. The topological polar surface area (TPSA) is 173 Å². The summed E-state index contributed by atoms with van der Waals surface area (Å²) in [6.07, 6.45) is 1.13. The summed E-state index contributed by atoms with van der Waals surface area (Å²) in [4.78, 5) is 38.3. The van der Waals surface area contributed by atoms with Crippen molar-refractivity contribution in [1.82, 2.24) is 5.32 Å². The monoisotopic (exact) mass is 898 g/mol. The minimum Gasteiger partial charge on any atom is -0.489 e. The first-order valence-electron chi connectivity index (χ1n) is 18.7. The first-order valence-corrected chi connectivity index (χ1v) is 21.8. The third kappa shape index (κ3) is 12.1. The molecule has 0 bridgehead atoms. The molecule has 5 atom stereocenters. The molecule has 14 nitrogen and oxygen atoms in total. The van der Waals surface area contributed by atoms with Gasteiger partial charge in [0, 0.05) is 26.9 Å². The molecule has 59 heavy (non-hydrogen) atoms. The molecule has 2 aromatic carbocycles. The molecule has 3 aliphatic rings. The van der Waals surface area contributed by atoms with Crippen molar-refractivity contribution in [3.63, 3.8) is 0 Å². The zero-order valence-corrected chi connectivity index (χ0v) is 37.7. The molecule has 0 amide bonds. The molecule has 1 fully saturated rings. The quantitative estimate of drug-likeness (QED) is 0.0483. The summed E-state index contributed by atoms with van der Waals surface area (Å²) in [5, 5.41) is 21.0. The lowest BCUT2D eigenvalue weighted by Gasteiger charge is -2.31. The molecule has 2 aromatic rings. The molecule has 1 spiro atoms. The highest BCUT2D eigenvalue weighted by atomic mass is 32.2. The zero-order chi connectivity index (χ0) is 42.8. The van der Waals surface area contributed by atoms with Crippen LogP contribution >= 0.6 is 48.5 Å². The van der Waals surface area contributed by atoms with E-state index in [-0.39, 0.29) is 31.3 Å². The number of nitrogens with zero attached hydrogens (tertiary/aromatic N) is 1. The van der Waals surface area contributed by atoms with Crippen molar-refractivity contribution in [3.8, 4) is 0 Å². The van der Waals surface area contributed by atoms with Crippen LogP contribution in [0.15, 0.2) is 74.8 Å². The fraction of sp³-hybridized carbons (Fsp3) is 0.537. The van der Waals surface area contributed by atoms with Gasteiger partial charge in [-0.3, -0.25) is 10.1 Å². The number of thioether (sulfide) groups is 1. The van der Waals surface area contributed by atoms with Crippen LogP contribution in [-0.4, -0.2) is 94.3 Å². The van der Waals surface area contributed by atoms with Crippen LogP contribution in [0.3, 0.4) is 0 Å². The second-order valence-electron chi connectivity index (χ2n) is 14.2. The van der Waals surface area contributed by atoms with E-state index < -0.39 is 40.3 Å². The SMILES string of the molecule is C.CC[C@]1(C)OC(=N[C@@H](CS)C(=O)O)C(OC(C)C)=C1c1ccc(SOOC)cc1.CC[C@]1(C)OC2(N[C@H](C(=O)O)CS2)C(OC(C)C)=C1c1ccc(SOOC)cc1. The Labute approximate surface area is 366 Å². The Morgan fingerprint density at radius 2 is 1.39 bits per heavy atom. The molecule has 328 valence electrons. The van der Waals surface area contributed by atoms with Crippen LogP contribution < -0.4 is 5.32 Å². The highest BCUT2D eigenvalue weighted by Crippen LogP contribution is 2.55.